The molecule has 1 saturated carbocycles. The summed E-state index contributed by atoms with van der Waals surface area (Å²) in [5, 5.41) is 11.7. The van der Waals surface area contributed by atoms with E-state index in [4.69, 9.17) is 5.11 Å². The number of benzene rings is 1. The molecule has 0 radical (unpaired) electrons. The first-order valence-corrected chi connectivity index (χ1v) is 6.91. The molecule has 0 saturated heterocycles. The van der Waals surface area contributed by atoms with Crippen LogP contribution in [0.15, 0.2) is 29.2 Å². The van der Waals surface area contributed by atoms with E-state index >= 15 is 0 Å². The van der Waals surface area contributed by atoms with E-state index < -0.39 is 11.4 Å². The molecule has 1 aliphatic rings. The Hall–Kier alpha value is -1.21. The predicted molar refractivity (Wildman–Crippen MR) is 69.4 cm³/mol. The maximum Gasteiger partial charge on any atom is 0.446 e. The molecule has 2 rings (SSSR count). The van der Waals surface area contributed by atoms with Crippen LogP contribution in [0.1, 0.15) is 23.2 Å². The molecule has 7 heteroatoms. The fourth-order valence-corrected chi connectivity index (χ4v) is 2.47. The minimum absolute atomic E-state index is 0.00330. The first-order chi connectivity index (χ1) is 9.35. The van der Waals surface area contributed by atoms with Gasteiger partial charge in [-0.2, -0.15) is 13.2 Å². The Morgan fingerprint density at radius 2 is 2.00 bits per heavy atom. The van der Waals surface area contributed by atoms with Crippen molar-refractivity contribution in [2.45, 2.75) is 23.2 Å². The van der Waals surface area contributed by atoms with Gasteiger partial charge in [-0.3, -0.25) is 4.79 Å². The third kappa shape index (κ3) is 3.89. The van der Waals surface area contributed by atoms with E-state index in [1.54, 1.807) is 0 Å². The van der Waals surface area contributed by atoms with Crippen LogP contribution in [-0.2, 0) is 0 Å². The molecule has 3 nitrogen and oxygen atoms in total. The van der Waals surface area contributed by atoms with Crippen molar-refractivity contribution in [1.29, 1.82) is 0 Å². The molecule has 110 valence electrons. The first-order valence-electron chi connectivity index (χ1n) is 6.09. The average Bonchev–Trinajstić information content (AvgIpc) is 3.15. The van der Waals surface area contributed by atoms with E-state index in [0.717, 1.165) is 12.8 Å². The van der Waals surface area contributed by atoms with E-state index in [9.17, 15) is 18.0 Å². The summed E-state index contributed by atoms with van der Waals surface area (Å²) in [6.45, 7) is 0.263. The molecule has 0 aliphatic heterocycles. The Morgan fingerprint density at radius 3 is 2.55 bits per heavy atom. The minimum Gasteiger partial charge on any atom is -0.396 e. The van der Waals surface area contributed by atoms with Crippen molar-refractivity contribution in [3.05, 3.63) is 29.8 Å². The van der Waals surface area contributed by atoms with Gasteiger partial charge in [-0.25, -0.2) is 0 Å². The van der Waals surface area contributed by atoms with Gasteiger partial charge in [-0.1, -0.05) is 12.1 Å². The number of hydrogen-bond donors (Lipinski definition) is 2. The van der Waals surface area contributed by atoms with Crippen LogP contribution in [0.25, 0.3) is 0 Å². The highest BCUT2D eigenvalue weighted by molar-refractivity contribution is 8.00. The quantitative estimate of drug-likeness (QED) is 0.823. The number of alkyl halides is 3. The molecule has 1 aromatic rings. The van der Waals surface area contributed by atoms with Crippen molar-refractivity contribution in [1.82, 2.24) is 5.32 Å². The molecule has 0 heterocycles. The van der Waals surface area contributed by atoms with Gasteiger partial charge in [0.15, 0.2) is 0 Å². The number of aliphatic hydroxyl groups is 1. The van der Waals surface area contributed by atoms with Gasteiger partial charge in [0.1, 0.15) is 0 Å². The Labute approximate surface area is 118 Å². The SMILES string of the molecule is O=C(NCC1(CO)CC1)c1ccccc1SC(F)(F)F. The van der Waals surface area contributed by atoms with Crippen molar-refractivity contribution >= 4 is 17.7 Å². The zero-order valence-corrected chi connectivity index (χ0v) is 11.4. The topological polar surface area (TPSA) is 49.3 Å². The standard InChI is InChI=1S/C13H14F3NO2S/c14-13(15,16)20-10-4-2-1-3-9(10)11(19)17-7-12(8-18)5-6-12/h1-4,18H,5-8H2,(H,17,19). The highest BCUT2D eigenvalue weighted by Crippen LogP contribution is 2.44. The van der Waals surface area contributed by atoms with E-state index in [1.165, 1.54) is 24.3 Å². The lowest BCUT2D eigenvalue weighted by atomic mass is 10.1. The number of aliphatic hydroxyl groups excluding tert-OH is 1. The molecule has 0 bridgehead atoms. The van der Waals surface area contributed by atoms with E-state index in [0.29, 0.717) is 0 Å². The molecule has 1 aromatic carbocycles. The molecule has 1 aliphatic carbocycles. The van der Waals surface area contributed by atoms with Gasteiger partial charge in [0, 0.05) is 16.9 Å². The van der Waals surface area contributed by atoms with Gasteiger partial charge in [0.05, 0.1) is 12.2 Å². The number of thioether (sulfide) groups is 1. The summed E-state index contributed by atoms with van der Waals surface area (Å²) < 4.78 is 37.3. The van der Waals surface area contributed by atoms with Gasteiger partial charge >= 0.3 is 5.51 Å². The predicted octanol–water partition coefficient (Wildman–Crippen LogP) is 2.80. The Kier molecular flexibility index (Phi) is 4.29. The molecule has 1 fully saturated rings. The molecular weight excluding hydrogens is 291 g/mol. The maximum atomic E-state index is 12.4. The second-order valence-electron chi connectivity index (χ2n) is 4.88. The molecule has 0 aromatic heterocycles. The Balaban J connectivity index is 2.05. The fraction of sp³-hybridized carbons (Fsp3) is 0.462. The molecule has 0 unspecified atom stereocenters. The van der Waals surface area contributed by atoms with Gasteiger partial charge < -0.3 is 10.4 Å². The number of hydrogen-bond acceptors (Lipinski definition) is 3. The molecule has 2 N–H and O–H groups in total. The van der Waals surface area contributed by atoms with Crippen LogP contribution in [0.3, 0.4) is 0 Å². The zero-order chi connectivity index (χ0) is 14.8. The number of amides is 1. The van der Waals surface area contributed by atoms with E-state index in [-0.39, 0.29) is 40.8 Å². The zero-order valence-electron chi connectivity index (χ0n) is 10.5. The fourth-order valence-electron chi connectivity index (χ4n) is 1.80. The van der Waals surface area contributed by atoms with Crippen molar-refractivity contribution in [2.75, 3.05) is 13.2 Å². The lowest BCUT2D eigenvalue weighted by Gasteiger charge is -2.14. The third-order valence-corrected chi connectivity index (χ3v) is 4.08. The lowest BCUT2D eigenvalue weighted by molar-refractivity contribution is -0.0328. The summed E-state index contributed by atoms with van der Waals surface area (Å²) in [5.41, 5.74) is -4.70. The van der Waals surface area contributed by atoms with Crippen LogP contribution in [0, 0.1) is 5.41 Å². The van der Waals surface area contributed by atoms with Crippen molar-refractivity contribution in [2.24, 2.45) is 5.41 Å². The summed E-state index contributed by atoms with van der Waals surface area (Å²) in [6.07, 6.45) is 1.64. The summed E-state index contributed by atoms with van der Waals surface area (Å²) in [5.74, 6) is -0.544. The summed E-state index contributed by atoms with van der Waals surface area (Å²) in [6, 6.07) is 5.61. The van der Waals surface area contributed by atoms with E-state index in [2.05, 4.69) is 5.32 Å². The number of carbonyl (C=O) groups is 1. The van der Waals surface area contributed by atoms with Crippen LogP contribution in [0.4, 0.5) is 13.2 Å². The maximum absolute atomic E-state index is 12.4. The Bertz CT molecular complexity index is 501. The molecule has 0 spiro atoms. The van der Waals surface area contributed by atoms with Gasteiger partial charge in [-0.05, 0) is 36.7 Å². The Morgan fingerprint density at radius 1 is 1.35 bits per heavy atom. The van der Waals surface area contributed by atoms with Crippen molar-refractivity contribution < 1.29 is 23.1 Å². The molecule has 0 atom stereocenters. The van der Waals surface area contributed by atoms with Gasteiger partial charge in [0.2, 0.25) is 0 Å². The summed E-state index contributed by atoms with van der Waals surface area (Å²) in [4.78, 5) is 11.8. The van der Waals surface area contributed by atoms with Crippen molar-refractivity contribution in [3.63, 3.8) is 0 Å². The second kappa shape index (κ2) is 5.65. The lowest BCUT2D eigenvalue weighted by Crippen LogP contribution is -2.32. The van der Waals surface area contributed by atoms with Crippen LogP contribution in [-0.4, -0.2) is 29.7 Å². The number of nitrogens with one attached hydrogen (secondary N) is 1. The number of halogens is 3. The average molecular weight is 305 g/mol. The third-order valence-electron chi connectivity index (χ3n) is 3.27. The van der Waals surface area contributed by atoms with Crippen LogP contribution >= 0.6 is 11.8 Å². The minimum atomic E-state index is -4.43. The van der Waals surface area contributed by atoms with Crippen LogP contribution in [0.5, 0.6) is 0 Å². The molecule has 1 amide bonds. The first kappa shape index (κ1) is 15.2. The molecular formula is C13H14F3NO2S. The number of carbonyl (C=O) groups excluding carboxylic acids is 1. The van der Waals surface area contributed by atoms with Crippen molar-refractivity contribution in [3.8, 4) is 0 Å². The smallest absolute Gasteiger partial charge is 0.396 e. The van der Waals surface area contributed by atoms with Gasteiger partial charge in [0.25, 0.3) is 5.91 Å². The van der Waals surface area contributed by atoms with E-state index in [1.807, 2.05) is 0 Å². The van der Waals surface area contributed by atoms with Crippen LogP contribution < -0.4 is 5.32 Å². The largest absolute Gasteiger partial charge is 0.446 e. The highest BCUT2D eigenvalue weighted by Gasteiger charge is 2.42. The monoisotopic (exact) mass is 305 g/mol. The van der Waals surface area contributed by atoms with Crippen LogP contribution in [0.2, 0.25) is 0 Å². The molecule has 20 heavy (non-hydrogen) atoms. The highest BCUT2D eigenvalue weighted by atomic mass is 32.2. The van der Waals surface area contributed by atoms with Gasteiger partial charge in [-0.15, -0.1) is 0 Å². The second-order valence-corrected chi connectivity index (χ2v) is 5.99. The summed E-state index contributed by atoms with van der Waals surface area (Å²) in [7, 11) is 0. The normalized spacial score (nSPS) is 16.8. The summed E-state index contributed by atoms with van der Waals surface area (Å²) >= 11 is -0.300. The number of rotatable bonds is 5.